The molecule has 40 heavy (non-hydrogen) atoms. The van der Waals surface area contributed by atoms with Crippen LogP contribution in [0.2, 0.25) is 0 Å². The molecule has 0 saturated carbocycles. The van der Waals surface area contributed by atoms with Crippen LogP contribution in [-0.2, 0) is 0 Å². The first kappa shape index (κ1) is 22.8. The molecule has 0 bridgehead atoms. The number of benzene rings is 7. The van der Waals surface area contributed by atoms with Gasteiger partial charge in [-0.1, -0.05) is 139 Å². The third-order valence-electron chi connectivity index (χ3n) is 8.16. The lowest BCUT2D eigenvalue weighted by Crippen LogP contribution is -1.91. The van der Waals surface area contributed by atoms with Crippen molar-refractivity contribution in [2.75, 3.05) is 0 Å². The standard InChI is InChI=1S/C39H26O/c1-25-17-19-27(20-18-25)37-31-10-2-4-12-33(31)38(34-13-5-3-11-32(34)37)28-23-21-26(22-24-28)29-14-8-15-35-30-9-6-7-16-36(30)40-39(29)35/h2-24H,1H3. The van der Waals surface area contributed by atoms with Crippen molar-refractivity contribution in [2.24, 2.45) is 0 Å². The highest BCUT2D eigenvalue weighted by Gasteiger charge is 2.17. The summed E-state index contributed by atoms with van der Waals surface area (Å²) in [5.41, 5.74) is 10.4. The van der Waals surface area contributed by atoms with Gasteiger partial charge in [-0.2, -0.15) is 0 Å². The van der Waals surface area contributed by atoms with Crippen LogP contribution >= 0.6 is 0 Å². The number of fused-ring (bicyclic) bond motifs is 5. The van der Waals surface area contributed by atoms with E-state index in [2.05, 4.69) is 134 Å². The summed E-state index contributed by atoms with van der Waals surface area (Å²) in [5.74, 6) is 0. The Bertz CT molecular complexity index is 2140. The third-order valence-corrected chi connectivity index (χ3v) is 8.16. The van der Waals surface area contributed by atoms with Gasteiger partial charge in [0.05, 0.1) is 0 Å². The van der Waals surface area contributed by atoms with Crippen molar-refractivity contribution < 1.29 is 4.42 Å². The van der Waals surface area contributed by atoms with Crippen LogP contribution in [0.15, 0.2) is 144 Å². The minimum Gasteiger partial charge on any atom is -0.455 e. The van der Waals surface area contributed by atoms with E-state index in [1.165, 1.54) is 49.4 Å². The predicted octanol–water partition coefficient (Wildman–Crippen LogP) is 11.2. The van der Waals surface area contributed by atoms with Gasteiger partial charge in [0.15, 0.2) is 0 Å². The summed E-state index contributed by atoms with van der Waals surface area (Å²) in [5, 5.41) is 7.39. The summed E-state index contributed by atoms with van der Waals surface area (Å²) < 4.78 is 6.33. The summed E-state index contributed by atoms with van der Waals surface area (Å²) in [7, 11) is 0. The van der Waals surface area contributed by atoms with Crippen molar-refractivity contribution in [1.29, 1.82) is 0 Å². The van der Waals surface area contributed by atoms with E-state index in [1.807, 2.05) is 12.1 Å². The molecular weight excluding hydrogens is 484 g/mol. The third kappa shape index (κ3) is 3.48. The Balaban J connectivity index is 1.34. The lowest BCUT2D eigenvalue weighted by Gasteiger charge is -2.18. The monoisotopic (exact) mass is 510 g/mol. The second-order valence-corrected chi connectivity index (χ2v) is 10.6. The SMILES string of the molecule is Cc1ccc(-c2c3ccccc3c(-c3ccc(-c4cccc5c4oc4ccccc45)cc3)c3ccccc23)cc1. The van der Waals surface area contributed by atoms with Crippen LogP contribution in [0.1, 0.15) is 5.56 Å². The lowest BCUT2D eigenvalue weighted by atomic mass is 9.85. The van der Waals surface area contributed by atoms with E-state index in [9.17, 15) is 0 Å². The molecule has 0 aliphatic rings. The molecule has 188 valence electrons. The molecule has 0 radical (unpaired) electrons. The number of aryl methyl sites for hydroxylation is 1. The van der Waals surface area contributed by atoms with Gasteiger partial charge in [0.25, 0.3) is 0 Å². The van der Waals surface area contributed by atoms with Gasteiger partial charge in [-0.25, -0.2) is 0 Å². The maximum Gasteiger partial charge on any atom is 0.143 e. The second kappa shape index (κ2) is 8.97. The number of hydrogen-bond acceptors (Lipinski definition) is 1. The van der Waals surface area contributed by atoms with E-state index in [1.54, 1.807) is 0 Å². The Labute approximate surface area is 232 Å². The molecule has 0 fully saturated rings. The molecule has 0 N–H and O–H groups in total. The summed E-state index contributed by atoms with van der Waals surface area (Å²) in [6.07, 6.45) is 0. The molecular formula is C39H26O. The molecule has 1 aromatic heterocycles. The zero-order chi connectivity index (χ0) is 26.6. The maximum atomic E-state index is 6.33. The van der Waals surface area contributed by atoms with E-state index in [4.69, 9.17) is 4.42 Å². The summed E-state index contributed by atoms with van der Waals surface area (Å²) >= 11 is 0. The average Bonchev–Trinajstić information content (AvgIpc) is 3.40. The molecule has 1 heterocycles. The molecule has 0 spiro atoms. The molecule has 1 heteroatoms. The van der Waals surface area contributed by atoms with E-state index in [0.717, 1.165) is 33.1 Å². The Morgan fingerprint density at radius 2 is 0.825 bits per heavy atom. The topological polar surface area (TPSA) is 13.1 Å². The average molecular weight is 511 g/mol. The van der Waals surface area contributed by atoms with Gasteiger partial charge in [-0.3, -0.25) is 0 Å². The predicted molar refractivity (Wildman–Crippen MR) is 170 cm³/mol. The van der Waals surface area contributed by atoms with E-state index < -0.39 is 0 Å². The van der Waals surface area contributed by atoms with Crippen molar-refractivity contribution in [2.45, 2.75) is 6.92 Å². The molecule has 0 aliphatic heterocycles. The Morgan fingerprint density at radius 3 is 1.40 bits per heavy atom. The van der Waals surface area contributed by atoms with Gasteiger partial charge >= 0.3 is 0 Å². The second-order valence-electron chi connectivity index (χ2n) is 10.6. The maximum absolute atomic E-state index is 6.33. The van der Waals surface area contributed by atoms with Crippen LogP contribution < -0.4 is 0 Å². The Hall–Kier alpha value is -5.14. The highest BCUT2D eigenvalue weighted by molar-refractivity contribution is 6.21. The van der Waals surface area contributed by atoms with Crippen LogP contribution in [0.5, 0.6) is 0 Å². The highest BCUT2D eigenvalue weighted by atomic mass is 16.3. The molecule has 8 aromatic rings. The molecule has 7 aromatic carbocycles. The summed E-state index contributed by atoms with van der Waals surface area (Å²) in [6.45, 7) is 2.14. The quantitative estimate of drug-likeness (QED) is 0.215. The van der Waals surface area contributed by atoms with Gasteiger partial charge in [-0.05, 0) is 62.4 Å². The zero-order valence-electron chi connectivity index (χ0n) is 22.2. The molecule has 0 amide bonds. The fraction of sp³-hybridized carbons (Fsp3) is 0.0256. The molecule has 0 atom stereocenters. The van der Waals surface area contributed by atoms with Crippen molar-refractivity contribution in [3.63, 3.8) is 0 Å². The highest BCUT2D eigenvalue weighted by Crippen LogP contribution is 2.44. The van der Waals surface area contributed by atoms with Gasteiger partial charge in [0.2, 0.25) is 0 Å². The first-order valence-corrected chi connectivity index (χ1v) is 13.8. The normalized spacial score (nSPS) is 11.6. The Kier molecular flexibility index (Phi) is 5.11. The van der Waals surface area contributed by atoms with Crippen LogP contribution in [0.25, 0.3) is 76.9 Å². The van der Waals surface area contributed by atoms with Gasteiger partial charge in [-0.15, -0.1) is 0 Å². The minimum atomic E-state index is 0.924. The van der Waals surface area contributed by atoms with Crippen molar-refractivity contribution in [1.82, 2.24) is 0 Å². The van der Waals surface area contributed by atoms with E-state index in [-0.39, 0.29) is 0 Å². The van der Waals surface area contributed by atoms with Gasteiger partial charge < -0.3 is 4.42 Å². The first-order chi connectivity index (χ1) is 19.8. The molecule has 0 aliphatic carbocycles. The van der Waals surface area contributed by atoms with E-state index >= 15 is 0 Å². The fourth-order valence-electron chi connectivity index (χ4n) is 6.26. The fourth-order valence-corrected chi connectivity index (χ4v) is 6.26. The molecule has 1 nitrogen and oxygen atoms in total. The number of rotatable bonds is 3. The minimum absolute atomic E-state index is 0.924. The molecule has 0 unspecified atom stereocenters. The van der Waals surface area contributed by atoms with Gasteiger partial charge in [0.1, 0.15) is 11.2 Å². The van der Waals surface area contributed by atoms with Crippen molar-refractivity contribution >= 4 is 43.5 Å². The van der Waals surface area contributed by atoms with Crippen LogP contribution in [0.4, 0.5) is 0 Å². The Morgan fingerprint density at radius 1 is 0.375 bits per heavy atom. The largest absolute Gasteiger partial charge is 0.455 e. The smallest absolute Gasteiger partial charge is 0.143 e. The molecule has 8 rings (SSSR count). The van der Waals surface area contributed by atoms with Crippen LogP contribution in [0, 0.1) is 6.92 Å². The van der Waals surface area contributed by atoms with Crippen molar-refractivity contribution in [3.05, 3.63) is 145 Å². The van der Waals surface area contributed by atoms with Crippen molar-refractivity contribution in [3.8, 4) is 33.4 Å². The zero-order valence-corrected chi connectivity index (χ0v) is 22.2. The molecule has 0 saturated heterocycles. The van der Waals surface area contributed by atoms with Crippen LogP contribution in [0.3, 0.4) is 0 Å². The number of hydrogen-bond donors (Lipinski definition) is 0. The summed E-state index contributed by atoms with van der Waals surface area (Å²) in [6, 6.07) is 50.2. The summed E-state index contributed by atoms with van der Waals surface area (Å²) in [4.78, 5) is 0. The number of furan rings is 1. The van der Waals surface area contributed by atoms with Crippen LogP contribution in [-0.4, -0.2) is 0 Å². The first-order valence-electron chi connectivity index (χ1n) is 13.8. The number of para-hydroxylation sites is 2. The lowest BCUT2D eigenvalue weighted by molar-refractivity contribution is 0.670. The van der Waals surface area contributed by atoms with E-state index in [0.29, 0.717) is 0 Å². The van der Waals surface area contributed by atoms with Gasteiger partial charge in [0, 0.05) is 16.3 Å².